The molecule has 0 saturated heterocycles. The molecular weight excluding hydrogens is 270 g/mol. The Morgan fingerprint density at radius 2 is 2.16 bits per heavy atom. The van der Waals surface area contributed by atoms with Gasteiger partial charge in [-0.3, -0.25) is 18.8 Å². The fourth-order valence-electron chi connectivity index (χ4n) is 1.45. The summed E-state index contributed by atoms with van der Waals surface area (Å²) in [6.45, 7) is -0.302. The van der Waals surface area contributed by atoms with Crippen molar-refractivity contribution in [1.82, 2.24) is 4.98 Å². The third kappa shape index (κ3) is 4.22. The Hall–Kier alpha value is -1.60. The first-order valence-electron chi connectivity index (χ1n) is 5.77. The summed E-state index contributed by atoms with van der Waals surface area (Å²) >= 11 is -2.21. The van der Waals surface area contributed by atoms with Crippen molar-refractivity contribution in [2.24, 2.45) is 5.92 Å². The van der Waals surface area contributed by atoms with E-state index in [4.69, 9.17) is 4.74 Å². The average Bonchev–Trinajstić information content (AvgIpc) is 3.20. The minimum absolute atomic E-state index is 0.0414. The Kier molecular flexibility index (Phi) is 4.39. The van der Waals surface area contributed by atoms with Crippen molar-refractivity contribution in [2.45, 2.75) is 18.6 Å². The molecule has 1 unspecified atom stereocenters. The number of rotatable bonds is 6. The van der Waals surface area contributed by atoms with E-state index in [0.29, 0.717) is 11.3 Å². The molecule has 102 valence electrons. The van der Waals surface area contributed by atoms with Crippen molar-refractivity contribution in [1.29, 1.82) is 0 Å². The summed E-state index contributed by atoms with van der Waals surface area (Å²) in [4.78, 5) is 26.8. The molecule has 1 fully saturated rings. The van der Waals surface area contributed by atoms with Crippen LogP contribution in [-0.2, 0) is 26.4 Å². The van der Waals surface area contributed by atoms with Gasteiger partial charge in [-0.25, -0.2) is 0 Å². The van der Waals surface area contributed by atoms with Gasteiger partial charge >= 0.3 is 5.97 Å². The molecule has 7 heteroatoms. The Morgan fingerprint density at radius 1 is 1.42 bits per heavy atom. The second kappa shape index (κ2) is 6.03. The first-order valence-corrected chi connectivity index (χ1v) is 7.01. The summed E-state index contributed by atoms with van der Waals surface area (Å²) in [6, 6.07) is 2.94. The Morgan fingerprint density at radius 3 is 2.68 bits per heavy atom. The molecule has 2 rings (SSSR count). The van der Waals surface area contributed by atoms with Gasteiger partial charge in [-0.15, -0.1) is 0 Å². The number of pyridine rings is 1. The van der Waals surface area contributed by atoms with Crippen molar-refractivity contribution in [3.63, 3.8) is 0 Å². The van der Waals surface area contributed by atoms with E-state index in [0.717, 1.165) is 12.8 Å². The van der Waals surface area contributed by atoms with Crippen LogP contribution in [0.3, 0.4) is 0 Å². The number of carbonyl (C=O) groups is 2. The van der Waals surface area contributed by atoms with E-state index in [-0.39, 0.29) is 30.0 Å². The lowest BCUT2D eigenvalue weighted by Gasteiger charge is -2.06. The summed E-state index contributed by atoms with van der Waals surface area (Å²) in [7, 11) is 0. The molecule has 0 aliphatic heterocycles. The van der Waals surface area contributed by atoms with Crippen molar-refractivity contribution >= 4 is 22.8 Å². The summed E-state index contributed by atoms with van der Waals surface area (Å²) < 4.78 is 25.8. The lowest BCUT2D eigenvalue weighted by Crippen LogP contribution is -2.15. The predicted octanol–water partition coefficient (Wildman–Crippen LogP) is 0.597. The van der Waals surface area contributed by atoms with Gasteiger partial charge in [0.25, 0.3) is 0 Å². The van der Waals surface area contributed by atoms with E-state index < -0.39 is 11.1 Å². The summed E-state index contributed by atoms with van der Waals surface area (Å²) in [5.74, 6) is -0.915. The van der Waals surface area contributed by atoms with Gasteiger partial charge in [0.2, 0.25) is 5.78 Å². The van der Waals surface area contributed by atoms with Crippen LogP contribution in [-0.4, -0.2) is 32.1 Å². The molecule has 6 nitrogen and oxygen atoms in total. The van der Waals surface area contributed by atoms with Crippen LogP contribution in [0.4, 0.5) is 0 Å². The molecule has 0 amide bonds. The SMILES string of the molecule is O=C(COC(=O)C1CC1)c1ccc(CS(=O)[O-])nc1. The lowest BCUT2D eigenvalue weighted by atomic mass is 10.2. The first-order chi connectivity index (χ1) is 9.06. The fraction of sp³-hybridized carbons (Fsp3) is 0.417. The Bertz CT molecular complexity index is 509. The smallest absolute Gasteiger partial charge is 0.309 e. The number of ketones is 1. The molecule has 1 aromatic heterocycles. The number of carbonyl (C=O) groups excluding carboxylic acids is 2. The second-order valence-electron chi connectivity index (χ2n) is 4.29. The van der Waals surface area contributed by atoms with Crippen molar-refractivity contribution in [2.75, 3.05) is 6.61 Å². The molecular formula is C12H12NO5S-. The molecule has 0 bridgehead atoms. The van der Waals surface area contributed by atoms with Crippen molar-refractivity contribution < 1.29 is 23.1 Å². The van der Waals surface area contributed by atoms with Crippen molar-refractivity contribution in [3.05, 3.63) is 29.6 Å². The third-order valence-corrected chi connectivity index (χ3v) is 3.20. The van der Waals surface area contributed by atoms with Crippen molar-refractivity contribution in [3.8, 4) is 0 Å². The van der Waals surface area contributed by atoms with Gasteiger partial charge in [-0.1, -0.05) is 0 Å². The van der Waals surface area contributed by atoms with Gasteiger partial charge in [-0.05, 0) is 36.1 Å². The second-order valence-corrected chi connectivity index (χ2v) is 5.19. The van der Waals surface area contributed by atoms with Gasteiger partial charge < -0.3 is 9.29 Å². The largest absolute Gasteiger partial charge is 0.772 e. The van der Waals surface area contributed by atoms with Gasteiger partial charge in [0, 0.05) is 11.8 Å². The number of esters is 1. The molecule has 1 aliphatic rings. The predicted molar refractivity (Wildman–Crippen MR) is 64.9 cm³/mol. The van der Waals surface area contributed by atoms with Gasteiger partial charge in [0.1, 0.15) is 0 Å². The average molecular weight is 282 g/mol. The Labute approximate surface area is 112 Å². The van der Waals surface area contributed by atoms with Gasteiger partial charge in [0.05, 0.1) is 17.4 Å². The van der Waals surface area contributed by atoms with Crippen LogP contribution in [0.25, 0.3) is 0 Å². The maximum absolute atomic E-state index is 11.7. The van der Waals surface area contributed by atoms with Crippen LogP contribution in [0.2, 0.25) is 0 Å². The zero-order valence-electron chi connectivity index (χ0n) is 10.0. The zero-order valence-corrected chi connectivity index (χ0v) is 10.9. The number of hydrogen-bond donors (Lipinski definition) is 0. The van der Waals surface area contributed by atoms with Gasteiger partial charge in [-0.2, -0.15) is 0 Å². The molecule has 1 aromatic rings. The summed E-state index contributed by atoms with van der Waals surface area (Å²) in [6.07, 6.45) is 2.95. The minimum Gasteiger partial charge on any atom is -0.772 e. The molecule has 1 saturated carbocycles. The van der Waals surface area contributed by atoms with Crippen LogP contribution in [0.1, 0.15) is 28.9 Å². The highest BCUT2D eigenvalue weighted by Gasteiger charge is 2.31. The highest BCUT2D eigenvalue weighted by Crippen LogP contribution is 2.30. The van der Waals surface area contributed by atoms with Crippen LogP contribution < -0.4 is 0 Å². The summed E-state index contributed by atoms with van der Waals surface area (Å²) in [5.41, 5.74) is 0.656. The number of hydrogen-bond acceptors (Lipinski definition) is 6. The molecule has 0 spiro atoms. The van der Waals surface area contributed by atoms with Crippen LogP contribution in [0.15, 0.2) is 18.3 Å². The molecule has 0 radical (unpaired) electrons. The monoisotopic (exact) mass is 282 g/mol. The maximum Gasteiger partial charge on any atom is 0.309 e. The highest BCUT2D eigenvalue weighted by atomic mass is 32.2. The Balaban J connectivity index is 1.87. The molecule has 1 atom stereocenters. The van der Waals surface area contributed by atoms with Gasteiger partial charge in [0.15, 0.2) is 6.61 Å². The number of Topliss-reactive ketones (excluding diaryl/α,β-unsaturated/α-hetero) is 1. The highest BCUT2D eigenvalue weighted by molar-refractivity contribution is 7.78. The van der Waals surface area contributed by atoms with E-state index >= 15 is 0 Å². The number of ether oxygens (including phenoxy) is 1. The summed E-state index contributed by atoms with van der Waals surface area (Å²) in [5, 5.41) is 0. The minimum atomic E-state index is -2.21. The fourth-order valence-corrected chi connectivity index (χ4v) is 1.86. The molecule has 1 heterocycles. The standard InChI is InChI=1S/C12H13NO5S/c14-11(6-18-12(15)8-1-2-8)9-3-4-10(13-5-9)7-19(16)17/h3-5,8H,1-2,6-7H2,(H,16,17)/p-1. The number of aromatic nitrogens is 1. The molecule has 0 N–H and O–H groups in total. The van der Waals surface area contributed by atoms with E-state index in [9.17, 15) is 18.4 Å². The van der Waals surface area contributed by atoms with E-state index in [1.807, 2.05) is 0 Å². The van der Waals surface area contributed by atoms with E-state index in [1.54, 1.807) is 0 Å². The molecule has 1 aliphatic carbocycles. The van der Waals surface area contributed by atoms with Crippen LogP contribution in [0, 0.1) is 5.92 Å². The lowest BCUT2D eigenvalue weighted by molar-refractivity contribution is -0.144. The molecule has 19 heavy (non-hydrogen) atoms. The number of nitrogens with zero attached hydrogens (tertiary/aromatic N) is 1. The maximum atomic E-state index is 11.7. The van der Waals surface area contributed by atoms with Crippen LogP contribution in [0.5, 0.6) is 0 Å². The quantitative estimate of drug-likeness (QED) is 0.430. The molecule has 0 aromatic carbocycles. The normalized spacial score (nSPS) is 15.8. The zero-order chi connectivity index (χ0) is 13.8. The van der Waals surface area contributed by atoms with E-state index in [2.05, 4.69) is 4.98 Å². The third-order valence-electron chi connectivity index (χ3n) is 2.67. The van der Waals surface area contributed by atoms with Crippen LogP contribution >= 0.6 is 0 Å². The van der Waals surface area contributed by atoms with E-state index in [1.165, 1.54) is 18.3 Å². The first kappa shape index (κ1) is 13.8. The topological polar surface area (TPSA) is 96.4 Å².